The molecule has 0 aromatic heterocycles. The highest BCUT2D eigenvalue weighted by Crippen LogP contribution is 1.96. The van der Waals surface area contributed by atoms with E-state index in [1.165, 1.54) is 6.92 Å². The van der Waals surface area contributed by atoms with E-state index in [1.54, 1.807) is 6.07 Å². The lowest BCUT2D eigenvalue weighted by molar-refractivity contribution is 0.293. The van der Waals surface area contributed by atoms with Gasteiger partial charge >= 0.3 is 0 Å². The second kappa shape index (κ2) is 7.60. The number of sulfonamides is 1. The van der Waals surface area contributed by atoms with Crippen molar-refractivity contribution in [3.8, 4) is 6.07 Å². The lowest BCUT2D eigenvalue weighted by atomic mass is 10.4. The first-order chi connectivity index (χ1) is 7.47. The summed E-state index contributed by atoms with van der Waals surface area (Å²) in [6, 6.07) is 1.72. The smallest absolute Gasteiger partial charge is 0.227 e. The third-order valence-corrected chi connectivity index (χ3v) is 4.01. The SMILES string of the molecule is CCCN(CC)CCNS(=O)(=O)C(C)C#N. The van der Waals surface area contributed by atoms with Crippen LogP contribution in [-0.2, 0) is 10.0 Å². The Bertz CT molecular complexity index is 321. The van der Waals surface area contributed by atoms with Gasteiger partial charge in [0.25, 0.3) is 0 Å². The normalized spacial score (nSPS) is 13.7. The fourth-order valence-corrected chi connectivity index (χ4v) is 2.05. The molecule has 6 heteroatoms. The zero-order chi connectivity index (χ0) is 12.6. The van der Waals surface area contributed by atoms with Gasteiger partial charge in [-0.2, -0.15) is 5.26 Å². The van der Waals surface area contributed by atoms with Crippen molar-refractivity contribution in [2.45, 2.75) is 32.4 Å². The van der Waals surface area contributed by atoms with Crippen LogP contribution in [0.25, 0.3) is 0 Å². The van der Waals surface area contributed by atoms with Gasteiger partial charge in [0.2, 0.25) is 10.0 Å². The molecule has 0 aliphatic carbocycles. The molecule has 0 heterocycles. The van der Waals surface area contributed by atoms with Gasteiger partial charge in [0, 0.05) is 13.1 Å². The van der Waals surface area contributed by atoms with Crippen LogP contribution in [0.15, 0.2) is 0 Å². The summed E-state index contributed by atoms with van der Waals surface area (Å²) in [6.07, 6.45) is 1.05. The first kappa shape index (κ1) is 15.4. The minimum absolute atomic E-state index is 0.363. The van der Waals surface area contributed by atoms with Crippen molar-refractivity contribution < 1.29 is 8.42 Å². The highest BCUT2D eigenvalue weighted by molar-refractivity contribution is 7.90. The highest BCUT2D eigenvalue weighted by atomic mass is 32.2. The van der Waals surface area contributed by atoms with E-state index >= 15 is 0 Å². The van der Waals surface area contributed by atoms with Crippen molar-refractivity contribution in [2.75, 3.05) is 26.2 Å². The Hall–Kier alpha value is -0.640. The lowest BCUT2D eigenvalue weighted by Crippen LogP contribution is -2.38. The van der Waals surface area contributed by atoms with E-state index < -0.39 is 15.3 Å². The van der Waals surface area contributed by atoms with Crippen LogP contribution in [0.2, 0.25) is 0 Å². The number of nitriles is 1. The minimum Gasteiger partial charge on any atom is -0.302 e. The Morgan fingerprint density at radius 1 is 1.38 bits per heavy atom. The van der Waals surface area contributed by atoms with Crippen LogP contribution in [0.3, 0.4) is 0 Å². The largest absolute Gasteiger partial charge is 0.302 e. The number of nitrogens with zero attached hydrogens (tertiary/aromatic N) is 2. The number of rotatable bonds is 8. The van der Waals surface area contributed by atoms with Gasteiger partial charge in [-0.25, -0.2) is 13.1 Å². The summed E-state index contributed by atoms with van der Waals surface area (Å²) < 4.78 is 25.3. The molecule has 0 aromatic rings. The van der Waals surface area contributed by atoms with Crippen LogP contribution in [0.5, 0.6) is 0 Å². The molecule has 1 atom stereocenters. The average Bonchev–Trinajstić information content (AvgIpc) is 2.26. The highest BCUT2D eigenvalue weighted by Gasteiger charge is 2.19. The lowest BCUT2D eigenvalue weighted by Gasteiger charge is -2.19. The van der Waals surface area contributed by atoms with E-state index in [1.807, 2.05) is 6.92 Å². The van der Waals surface area contributed by atoms with E-state index in [0.29, 0.717) is 13.1 Å². The Kier molecular flexibility index (Phi) is 7.30. The molecule has 0 fully saturated rings. The van der Waals surface area contributed by atoms with E-state index in [2.05, 4.69) is 16.5 Å². The topological polar surface area (TPSA) is 73.2 Å². The molecule has 0 saturated carbocycles. The van der Waals surface area contributed by atoms with Gasteiger partial charge in [-0.15, -0.1) is 0 Å². The standard InChI is InChI=1S/C10H21N3O2S/c1-4-7-13(5-2)8-6-12-16(14,15)10(3)9-11/h10,12H,4-8H2,1-3H3. The molecular formula is C10H21N3O2S. The van der Waals surface area contributed by atoms with Gasteiger partial charge in [0.1, 0.15) is 0 Å². The van der Waals surface area contributed by atoms with Crippen LogP contribution in [0.4, 0.5) is 0 Å². The maximum absolute atomic E-state index is 11.4. The molecule has 5 nitrogen and oxygen atoms in total. The molecule has 0 amide bonds. The van der Waals surface area contributed by atoms with Gasteiger partial charge in [0.15, 0.2) is 5.25 Å². The molecule has 0 saturated heterocycles. The molecule has 0 aliphatic rings. The summed E-state index contributed by atoms with van der Waals surface area (Å²) in [5, 5.41) is 7.54. The fourth-order valence-electron chi connectivity index (χ4n) is 1.28. The molecule has 0 radical (unpaired) electrons. The third kappa shape index (κ3) is 5.45. The summed E-state index contributed by atoms with van der Waals surface area (Å²) >= 11 is 0. The van der Waals surface area contributed by atoms with Gasteiger partial charge in [0.05, 0.1) is 6.07 Å². The molecule has 1 unspecified atom stereocenters. The molecule has 0 aromatic carbocycles. The molecule has 0 rings (SSSR count). The average molecular weight is 247 g/mol. The summed E-state index contributed by atoms with van der Waals surface area (Å²) in [5.74, 6) is 0. The van der Waals surface area contributed by atoms with Crippen LogP contribution in [0.1, 0.15) is 27.2 Å². The number of likely N-dealkylation sites (N-methyl/N-ethyl adjacent to an activating group) is 1. The van der Waals surface area contributed by atoms with E-state index in [-0.39, 0.29) is 0 Å². The fraction of sp³-hybridized carbons (Fsp3) is 0.900. The number of hydrogen-bond donors (Lipinski definition) is 1. The predicted molar refractivity (Wildman–Crippen MR) is 64.4 cm³/mol. The first-order valence-corrected chi connectivity index (χ1v) is 7.13. The number of hydrogen-bond acceptors (Lipinski definition) is 4. The summed E-state index contributed by atoms with van der Waals surface area (Å²) in [6.45, 7) is 8.43. The van der Waals surface area contributed by atoms with Crippen LogP contribution < -0.4 is 4.72 Å². The molecule has 16 heavy (non-hydrogen) atoms. The minimum atomic E-state index is -3.47. The van der Waals surface area contributed by atoms with E-state index in [0.717, 1.165) is 19.5 Å². The molecule has 94 valence electrons. The quantitative estimate of drug-likeness (QED) is 0.680. The van der Waals surface area contributed by atoms with E-state index in [4.69, 9.17) is 5.26 Å². The molecule has 0 bridgehead atoms. The monoisotopic (exact) mass is 247 g/mol. The number of nitrogens with one attached hydrogen (secondary N) is 1. The zero-order valence-electron chi connectivity index (χ0n) is 10.2. The summed E-state index contributed by atoms with van der Waals surface area (Å²) in [7, 11) is -3.47. The van der Waals surface area contributed by atoms with Crippen LogP contribution >= 0.6 is 0 Å². The Morgan fingerprint density at radius 3 is 2.44 bits per heavy atom. The van der Waals surface area contributed by atoms with Crippen molar-refractivity contribution in [3.63, 3.8) is 0 Å². The van der Waals surface area contributed by atoms with Gasteiger partial charge in [-0.05, 0) is 26.4 Å². The maximum atomic E-state index is 11.4. The second-order valence-corrected chi connectivity index (χ2v) is 5.73. The van der Waals surface area contributed by atoms with Crippen molar-refractivity contribution in [1.82, 2.24) is 9.62 Å². The van der Waals surface area contributed by atoms with Gasteiger partial charge in [-0.3, -0.25) is 0 Å². The van der Waals surface area contributed by atoms with Crippen LogP contribution in [-0.4, -0.2) is 44.7 Å². The Balaban J connectivity index is 4.03. The molecule has 0 spiro atoms. The van der Waals surface area contributed by atoms with Crippen molar-refractivity contribution >= 4 is 10.0 Å². The zero-order valence-corrected chi connectivity index (χ0v) is 11.0. The molecule has 0 aliphatic heterocycles. The van der Waals surface area contributed by atoms with Crippen molar-refractivity contribution in [3.05, 3.63) is 0 Å². The first-order valence-electron chi connectivity index (χ1n) is 5.58. The maximum Gasteiger partial charge on any atom is 0.227 e. The van der Waals surface area contributed by atoms with Gasteiger partial charge < -0.3 is 4.90 Å². The third-order valence-electron chi connectivity index (χ3n) is 2.37. The predicted octanol–water partition coefficient (Wildman–Crippen LogP) is 0.550. The van der Waals surface area contributed by atoms with Crippen molar-refractivity contribution in [2.24, 2.45) is 0 Å². The molecular weight excluding hydrogens is 226 g/mol. The van der Waals surface area contributed by atoms with Crippen LogP contribution in [0, 0.1) is 11.3 Å². The Labute approximate surface area is 98.5 Å². The second-order valence-electron chi connectivity index (χ2n) is 3.64. The van der Waals surface area contributed by atoms with Gasteiger partial charge in [-0.1, -0.05) is 13.8 Å². The molecule has 1 N–H and O–H groups in total. The van der Waals surface area contributed by atoms with Crippen molar-refractivity contribution in [1.29, 1.82) is 5.26 Å². The van der Waals surface area contributed by atoms with E-state index in [9.17, 15) is 8.42 Å². The Morgan fingerprint density at radius 2 is 2.00 bits per heavy atom. The summed E-state index contributed by atoms with van der Waals surface area (Å²) in [4.78, 5) is 2.17. The summed E-state index contributed by atoms with van der Waals surface area (Å²) in [5.41, 5.74) is 0.